The number of alkyl halides is 1. The zero-order chi connectivity index (χ0) is 13.2. The van der Waals surface area contributed by atoms with Gasteiger partial charge in [0.1, 0.15) is 0 Å². The van der Waals surface area contributed by atoms with Gasteiger partial charge < -0.3 is 0 Å². The van der Waals surface area contributed by atoms with E-state index in [2.05, 4.69) is 71.4 Å². The topological polar surface area (TPSA) is 0 Å². The molecule has 2 atom stereocenters. The highest BCUT2D eigenvalue weighted by molar-refractivity contribution is 9.09. The third-order valence-corrected chi connectivity index (χ3v) is 5.37. The summed E-state index contributed by atoms with van der Waals surface area (Å²) >= 11 is 3.93. The first kappa shape index (κ1) is 12.9. The molecule has 3 rings (SSSR count). The molecule has 1 heteroatoms. The van der Waals surface area contributed by atoms with Gasteiger partial charge in [0.25, 0.3) is 0 Å². The Labute approximate surface area is 124 Å². The van der Waals surface area contributed by atoms with Crippen molar-refractivity contribution in [3.05, 3.63) is 70.8 Å². The molecule has 2 aromatic carbocycles. The molecule has 0 radical (unpaired) electrons. The summed E-state index contributed by atoms with van der Waals surface area (Å²) in [5.41, 5.74) is 5.84. The second kappa shape index (κ2) is 5.50. The molecule has 0 heterocycles. The van der Waals surface area contributed by atoms with Crippen molar-refractivity contribution in [2.24, 2.45) is 5.92 Å². The van der Waals surface area contributed by atoms with E-state index in [1.807, 2.05) is 0 Å². The van der Waals surface area contributed by atoms with Gasteiger partial charge in [0, 0.05) is 4.83 Å². The fourth-order valence-corrected chi connectivity index (χ4v) is 4.02. The molecule has 1 aliphatic carbocycles. The molecule has 0 saturated heterocycles. The third kappa shape index (κ3) is 2.76. The van der Waals surface area contributed by atoms with E-state index in [9.17, 15) is 0 Å². The monoisotopic (exact) mass is 314 g/mol. The van der Waals surface area contributed by atoms with Gasteiger partial charge >= 0.3 is 0 Å². The zero-order valence-corrected chi connectivity index (χ0v) is 12.9. The fourth-order valence-electron chi connectivity index (χ4n) is 3.12. The van der Waals surface area contributed by atoms with E-state index >= 15 is 0 Å². The van der Waals surface area contributed by atoms with Gasteiger partial charge in [-0.2, -0.15) is 0 Å². The molecular weight excluding hydrogens is 296 g/mol. The highest BCUT2D eigenvalue weighted by atomic mass is 79.9. The Morgan fingerprint density at radius 1 is 1.11 bits per heavy atom. The van der Waals surface area contributed by atoms with Crippen LogP contribution < -0.4 is 0 Å². The van der Waals surface area contributed by atoms with Gasteiger partial charge in [-0.3, -0.25) is 0 Å². The molecule has 0 amide bonds. The number of fused-ring (bicyclic) bond motifs is 1. The first-order valence-electron chi connectivity index (χ1n) is 7.01. The Hall–Kier alpha value is -1.08. The molecule has 2 unspecified atom stereocenters. The molecule has 2 aromatic rings. The molecule has 1 aliphatic rings. The summed E-state index contributed by atoms with van der Waals surface area (Å²) < 4.78 is 0. The summed E-state index contributed by atoms with van der Waals surface area (Å²) in [4.78, 5) is 0.498. The largest absolute Gasteiger partial charge is 0.0836 e. The van der Waals surface area contributed by atoms with Crippen LogP contribution in [-0.4, -0.2) is 0 Å². The third-order valence-electron chi connectivity index (χ3n) is 4.13. The molecule has 19 heavy (non-hydrogen) atoms. The number of halogens is 1. The van der Waals surface area contributed by atoms with E-state index in [1.165, 1.54) is 41.5 Å². The Morgan fingerprint density at radius 3 is 2.79 bits per heavy atom. The highest BCUT2D eigenvalue weighted by Crippen LogP contribution is 2.41. The maximum absolute atomic E-state index is 3.93. The van der Waals surface area contributed by atoms with Gasteiger partial charge in [-0.15, -0.1) is 0 Å². The number of hydrogen-bond acceptors (Lipinski definition) is 0. The first-order valence-corrected chi connectivity index (χ1v) is 7.93. The van der Waals surface area contributed by atoms with Crippen molar-refractivity contribution in [2.75, 3.05) is 0 Å². The second-order valence-electron chi connectivity index (χ2n) is 5.59. The van der Waals surface area contributed by atoms with Crippen molar-refractivity contribution in [3.63, 3.8) is 0 Å². The molecule has 0 saturated carbocycles. The van der Waals surface area contributed by atoms with E-state index < -0.39 is 0 Å². The van der Waals surface area contributed by atoms with Crippen LogP contribution >= 0.6 is 15.9 Å². The van der Waals surface area contributed by atoms with E-state index in [0.29, 0.717) is 10.7 Å². The molecule has 0 N–H and O–H groups in total. The Kier molecular flexibility index (Phi) is 3.74. The predicted octanol–water partition coefficient (Wildman–Crippen LogP) is 5.24. The van der Waals surface area contributed by atoms with Crippen LogP contribution in [0.25, 0.3) is 0 Å². The van der Waals surface area contributed by atoms with Crippen LogP contribution in [-0.2, 0) is 12.8 Å². The van der Waals surface area contributed by atoms with Crippen LogP contribution in [0.4, 0.5) is 0 Å². The Balaban J connectivity index is 1.81. The smallest absolute Gasteiger partial charge is 0.0429 e. The maximum Gasteiger partial charge on any atom is 0.0429 e. The summed E-state index contributed by atoms with van der Waals surface area (Å²) in [6, 6.07) is 17.8. The minimum atomic E-state index is 0.498. The highest BCUT2D eigenvalue weighted by Gasteiger charge is 2.27. The summed E-state index contributed by atoms with van der Waals surface area (Å²) in [5.74, 6) is 0.705. The van der Waals surface area contributed by atoms with Crippen LogP contribution in [0.1, 0.15) is 33.5 Å². The summed E-state index contributed by atoms with van der Waals surface area (Å²) in [6.07, 6.45) is 3.67. The normalized spacial score (nSPS) is 22.0. The van der Waals surface area contributed by atoms with E-state index in [-0.39, 0.29) is 0 Å². The minimum Gasteiger partial charge on any atom is -0.0836 e. The van der Waals surface area contributed by atoms with Gasteiger partial charge in [-0.25, -0.2) is 0 Å². The lowest BCUT2D eigenvalue weighted by molar-refractivity contribution is 0.452. The molecule has 0 spiro atoms. The van der Waals surface area contributed by atoms with Crippen molar-refractivity contribution < 1.29 is 0 Å². The maximum atomic E-state index is 3.93. The average molecular weight is 315 g/mol. The van der Waals surface area contributed by atoms with Crippen molar-refractivity contribution in [3.8, 4) is 0 Å². The SMILES string of the molecule is Cc1cccc(CC2CCc3ccccc3C2Br)c1. The van der Waals surface area contributed by atoms with Gasteiger partial charge in [-0.1, -0.05) is 70.0 Å². The van der Waals surface area contributed by atoms with Gasteiger partial charge in [0.2, 0.25) is 0 Å². The first-order chi connectivity index (χ1) is 9.24. The molecular formula is C18H19Br. The van der Waals surface area contributed by atoms with Crippen molar-refractivity contribution in [2.45, 2.75) is 31.0 Å². The summed E-state index contributed by atoms with van der Waals surface area (Å²) in [5, 5.41) is 0. The van der Waals surface area contributed by atoms with Crippen molar-refractivity contribution in [1.29, 1.82) is 0 Å². The van der Waals surface area contributed by atoms with E-state index in [0.717, 1.165) is 0 Å². The number of benzene rings is 2. The zero-order valence-electron chi connectivity index (χ0n) is 11.3. The second-order valence-corrected chi connectivity index (χ2v) is 6.58. The quantitative estimate of drug-likeness (QED) is 0.665. The summed E-state index contributed by atoms with van der Waals surface area (Å²) in [6.45, 7) is 2.17. The van der Waals surface area contributed by atoms with Gasteiger partial charge in [0.15, 0.2) is 0 Å². The standard InChI is InChI=1S/C18H19Br/c1-13-5-4-6-14(11-13)12-16-10-9-15-7-2-3-8-17(15)18(16)19/h2-8,11,16,18H,9-10,12H2,1H3. The van der Waals surface area contributed by atoms with E-state index in [1.54, 1.807) is 0 Å². The fraction of sp³-hybridized carbons (Fsp3) is 0.333. The Morgan fingerprint density at radius 2 is 1.95 bits per heavy atom. The van der Waals surface area contributed by atoms with Crippen LogP contribution in [0.5, 0.6) is 0 Å². The molecule has 0 aliphatic heterocycles. The summed E-state index contributed by atoms with van der Waals surface area (Å²) in [7, 11) is 0. The number of hydrogen-bond donors (Lipinski definition) is 0. The lowest BCUT2D eigenvalue weighted by atomic mass is 9.80. The van der Waals surface area contributed by atoms with Crippen molar-refractivity contribution in [1.82, 2.24) is 0 Å². The van der Waals surface area contributed by atoms with Crippen molar-refractivity contribution >= 4 is 15.9 Å². The lowest BCUT2D eigenvalue weighted by Gasteiger charge is -2.30. The molecule has 98 valence electrons. The van der Waals surface area contributed by atoms with Crippen LogP contribution in [0.2, 0.25) is 0 Å². The van der Waals surface area contributed by atoms with Crippen LogP contribution in [0, 0.1) is 12.8 Å². The molecule has 0 fully saturated rings. The Bertz CT molecular complexity index is 573. The van der Waals surface area contributed by atoms with E-state index in [4.69, 9.17) is 0 Å². The minimum absolute atomic E-state index is 0.498. The van der Waals surface area contributed by atoms with Crippen LogP contribution in [0.3, 0.4) is 0 Å². The van der Waals surface area contributed by atoms with Crippen LogP contribution in [0.15, 0.2) is 48.5 Å². The average Bonchev–Trinajstić information content (AvgIpc) is 2.42. The predicted molar refractivity (Wildman–Crippen MR) is 84.8 cm³/mol. The number of rotatable bonds is 2. The van der Waals surface area contributed by atoms with Gasteiger partial charge in [-0.05, 0) is 48.8 Å². The number of aryl methyl sites for hydroxylation is 2. The molecule has 0 nitrogen and oxygen atoms in total. The van der Waals surface area contributed by atoms with Gasteiger partial charge in [0.05, 0.1) is 0 Å². The molecule has 0 aromatic heterocycles. The molecule has 0 bridgehead atoms. The lowest BCUT2D eigenvalue weighted by Crippen LogP contribution is -2.18.